The second-order valence-electron chi connectivity index (χ2n) is 6.05. The highest BCUT2D eigenvalue weighted by atomic mass is 32.2. The molecule has 2 aromatic carbocycles. The topological polar surface area (TPSA) is 56.8 Å². The van der Waals surface area contributed by atoms with Crippen LogP contribution in [-0.4, -0.2) is 36.7 Å². The highest BCUT2D eigenvalue weighted by molar-refractivity contribution is 8.26. The van der Waals surface area contributed by atoms with Crippen molar-refractivity contribution >= 4 is 40.3 Å². The largest absolute Gasteiger partial charge is 0.491 e. The van der Waals surface area contributed by atoms with Crippen molar-refractivity contribution in [2.45, 2.75) is 6.92 Å². The van der Waals surface area contributed by atoms with Gasteiger partial charge < -0.3 is 19.5 Å². The smallest absolute Gasteiger partial charge is 0.263 e. The van der Waals surface area contributed by atoms with Crippen molar-refractivity contribution in [1.82, 2.24) is 5.32 Å². The van der Waals surface area contributed by atoms with Crippen LogP contribution in [0, 0.1) is 6.92 Å². The van der Waals surface area contributed by atoms with Gasteiger partial charge in [-0.2, -0.15) is 0 Å². The molecule has 0 unspecified atom stereocenters. The minimum atomic E-state index is -0.164. The van der Waals surface area contributed by atoms with E-state index in [4.69, 9.17) is 26.4 Å². The Kier molecular flexibility index (Phi) is 7.47. The first-order valence-electron chi connectivity index (χ1n) is 8.85. The lowest BCUT2D eigenvalue weighted by Gasteiger charge is -2.09. The predicted octanol–water partition coefficient (Wildman–Crippen LogP) is 3.96. The quantitative estimate of drug-likeness (QED) is 0.380. The number of ether oxygens (including phenoxy) is 3. The van der Waals surface area contributed by atoms with E-state index < -0.39 is 0 Å². The van der Waals surface area contributed by atoms with Crippen LogP contribution >= 0.6 is 24.0 Å². The van der Waals surface area contributed by atoms with Gasteiger partial charge in [0, 0.05) is 0 Å². The van der Waals surface area contributed by atoms with Gasteiger partial charge in [-0.05, 0) is 48.4 Å². The first-order valence-corrected chi connectivity index (χ1v) is 10.1. The fourth-order valence-corrected chi connectivity index (χ4v) is 3.55. The van der Waals surface area contributed by atoms with Gasteiger partial charge in [0.15, 0.2) is 0 Å². The molecule has 1 fully saturated rings. The average molecular weight is 416 g/mol. The Bertz CT molecular complexity index is 882. The molecule has 1 aliphatic rings. The summed E-state index contributed by atoms with van der Waals surface area (Å²) in [5, 5.41) is 2.60. The third-order valence-electron chi connectivity index (χ3n) is 3.78. The van der Waals surface area contributed by atoms with E-state index in [0.717, 1.165) is 17.1 Å². The van der Waals surface area contributed by atoms with Crippen molar-refractivity contribution in [3.05, 3.63) is 64.6 Å². The highest BCUT2D eigenvalue weighted by Crippen LogP contribution is 2.26. The highest BCUT2D eigenvalue weighted by Gasteiger charge is 2.21. The third-order valence-corrected chi connectivity index (χ3v) is 4.94. The van der Waals surface area contributed by atoms with E-state index in [1.807, 2.05) is 55.5 Å². The zero-order valence-corrected chi connectivity index (χ0v) is 17.1. The van der Waals surface area contributed by atoms with Crippen molar-refractivity contribution in [2.24, 2.45) is 0 Å². The van der Waals surface area contributed by atoms with Crippen LogP contribution in [0.2, 0.25) is 0 Å². The van der Waals surface area contributed by atoms with Crippen LogP contribution in [0.4, 0.5) is 0 Å². The minimum absolute atomic E-state index is 0.164. The van der Waals surface area contributed by atoms with E-state index in [1.54, 1.807) is 6.08 Å². The van der Waals surface area contributed by atoms with Gasteiger partial charge in [-0.3, -0.25) is 4.79 Å². The van der Waals surface area contributed by atoms with Crippen LogP contribution in [0.5, 0.6) is 11.5 Å². The Labute approximate surface area is 174 Å². The number of carbonyl (C=O) groups excluding carboxylic acids is 1. The summed E-state index contributed by atoms with van der Waals surface area (Å²) < 4.78 is 17.4. The summed E-state index contributed by atoms with van der Waals surface area (Å²) in [6, 6.07) is 15.5. The van der Waals surface area contributed by atoms with Crippen molar-refractivity contribution in [1.29, 1.82) is 0 Å². The van der Waals surface area contributed by atoms with Gasteiger partial charge in [0.1, 0.15) is 29.0 Å². The number of benzene rings is 2. The number of thiocarbonyl (C=S) groups is 1. The third kappa shape index (κ3) is 6.37. The van der Waals surface area contributed by atoms with Gasteiger partial charge >= 0.3 is 0 Å². The molecule has 1 heterocycles. The molecule has 3 rings (SSSR count). The lowest BCUT2D eigenvalue weighted by atomic mass is 10.2. The maximum absolute atomic E-state index is 11.7. The molecule has 0 aromatic heterocycles. The molecule has 7 heteroatoms. The monoisotopic (exact) mass is 415 g/mol. The van der Waals surface area contributed by atoms with Gasteiger partial charge in [-0.15, -0.1) is 0 Å². The number of thioether (sulfide) groups is 1. The van der Waals surface area contributed by atoms with E-state index in [-0.39, 0.29) is 5.91 Å². The SMILES string of the molecule is Cc1cccc(OCCOCCOc2cccc(/C=C3/SC(=S)NC3=O)c2)c1. The van der Waals surface area contributed by atoms with Crippen LogP contribution in [0.15, 0.2) is 53.4 Å². The van der Waals surface area contributed by atoms with Crippen molar-refractivity contribution < 1.29 is 19.0 Å². The van der Waals surface area contributed by atoms with Crippen LogP contribution in [0.3, 0.4) is 0 Å². The summed E-state index contributed by atoms with van der Waals surface area (Å²) in [5.41, 5.74) is 2.05. The normalized spacial score (nSPS) is 15.0. The van der Waals surface area contributed by atoms with Crippen molar-refractivity contribution in [3.63, 3.8) is 0 Å². The number of hydrogen-bond donors (Lipinski definition) is 1. The number of aryl methyl sites for hydroxylation is 1. The molecule has 146 valence electrons. The Hall–Kier alpha value is -2.35. The first kappa shape index (κ1) is 20.4. The molecule has 1 N–H and O–H groups in total. The van der Waals surface area contributed by atoms with Gasteiger partial charge in [-0.25, -0.2) is 0 Å². The molecule has 5 nitrogen and oxygen atoms in total. The van der Waals surface area contributed by atoms with Gasteiger partial charge in [-0.1, -0.05) is 48.2 Å². The molecule has 0 aliphatic carbocycles. The Balaban J connectivity index is 1.36. The van der Waals surface area contributed by atoms with E-state index in [9.17, 15) is 4.79 Å². The molecule has 1 saturated heterocycles. The van der Waals surface area contributed by atoms with E-state index in [2.05, 4.69) is 5.32 Å². The second kappa shape index (κ2) is 10.3. The molecule has 0 radical (unpaired) electrons. The molecule has 1 aliphatic heterocycles. The second-order valence-corrected chi connectivity index (χ2v) is 7.77. The van der Waals surface area contributed by atoms with Crippen molar-refractivity contribution in [2.75, 3.05) is 26.4 Å². The van der Waals surface area contributed by atoms with E-state index in [1.165, 1.54) is 17.3 Å². The molecule has 28 heavy (non-hydrogen) atoms. The fraction of sp³-hybridized carbons (Fsp3) is 0.238. The maximum Gasteiger partial charge on any atom is 0.263 e. The maximum atomic E-state index is 11.7. The molecule has 0 atom stereocenters. The van der Waals surface area contributed by atoms with Gasteiger partial charge in [0.25, 0.3) is 5.91 Å². The van der Waals surface area contributed by atoms with E-state index in [0.29, 0.717) is 35.7 Å². The number of amides is 1. The first-order chi connectivity index (χ1) is 13.6. The van der Waals surface area contributed by atoms with Crippen molar-refractivity contribution in [3.8, 4) is 11.5 Å². The molecule has 2 aromatic rings. The zero-order chi connectivity index (χ0) is 19.8. The van der Waals surface area contributed by atoms with Crippen LogP contribution in [0.1, 0.15) is 11.1 Å². The average Bonchev–Trinajstić information content (AvgIpc) is 2.98. The number of rotatable bonds is 9. The Morgan fingerprint density at radius 3 is 2.32 bits per heavy atom. The summed E-state index contributed by atoms with van der Waals surface area (Å²) in [5.74, 6) is 1.41. The number of nitrogens with one attached hydrogen (secondary N) is 1. The zero-order valence-electron chi connectivity index (χ0n) is 15.5. The van der Waals surface area contributed by atoms with Crippen LogP contribution < -0.4 is 14.8 Å². The molecule has 0 bridgehead atoms. The van der Waals surface area contributed by atoms with Gasteiger partial charge in [0.2, 0.25) is 0 Å². The summed E-state index contributed by atoms with van der Waals surface area (Å²) in [6.07, 6.45) is 1.80. The standard InChI is InChI=1S/C21H21NO4S2/c1-15-4-2-6-17(12-15)25-10-8-24-9-11-26-18-7-3-5-16(13-18)14-19-20(23)22-21(27)28-19/h2-7,12-14H,8-11H2,1H3,(H,22,23,27)/b19-14+. The molecular formula is C21H21NO4S2. The van der Waals surface area contributed by atoms with Crippen LogP contribution in [0.25, 0.3) is 6.08 Å². The molecule has 1 amide bonds. The molecule has 0 saturated carbocycles. The lowest BCUT2D eigenvalue weighted by Crippen LogP contribution is -2.17. The minimum Gasteiger partial charge on any atom is -0.491 e. The van der Waals surface area contributed by atoms with E-state index >= 15 is 0 Å². The van der Waals surface area contributed by atoms with Crippen LogP contribution in [-0.2, 0) is 9.53 Å². The van der Waals surface area contributed by atoms with Gasteiger partial charge in [0.05, 0.1) is 18.1 Å². The Morgan fingerprint density at radius 1 is 1.00 bits per heavy atom. The summed E-state index contributed by atoms with van der Waals surface area (Å²) in [4.78, 5) is 12.3. The Morgan fingerprint density at radius 2 is 1.68 bits per heavy atom. The summed E-state index contributed by atoms with van der Waals surface area (Å²) >= 11 is 6.25. The predicted molar refractivity (Wildman–Crippen MR) is 116 cm³/mol. The lowest BCUT2D eigenvalue weighted by molar-refractivity contribution is -0.115. The number of hydrogen-bond acceptors (Lipinski definition) is 6. The number of carbonyl (C=O) groups is 1. The molecular weight excluding hydrogens is 394 g/mol. The fourth-order valence-electron chi connectivity index (χ4n) is 2.51. The summed E-state index contributed by atoms with van der Waals surface area (Å²) in [7, 11) is 0. The summed E-state index contributed by atoms with van der Waals surface area (Å²) in [6.45, 7) is 3.92. The molecule has 0 spiro atoms.